The van der Waals surface area contributed by atoms with E-state index >= 15 is 0 Å². The van der Waals surface area contributed by atoms with Gasteiger partial charge in [0.15, 0.2) is 5.78 Å². The highest BCUT2D eigenvalue weighted by Crippen LogP contribution is 2.33. The Morgan fingerprint density at radius 3 is 2.33 bits per heavy atom. The first-order chi connectivity index (χ1) is 8.27. The summed E-state index contributed by atoms with van der Waals surface area (Å²) in [6.45, 7) is 1.36. The van der Waals surface area contributed by atoms with Gasteiger partial charge in [-0.25, -0.2) is 0 Å². The average molecular weight is 311 g/mol. The van der Waals surface area contributed by atoms with Crippen molar-refractivity contribution in [3.8, 4) is 5.75 Å². The Morgan fingerprint density at radius 2 is 1.89 bits per heavy atom. The van der Waals surface area contributed by atoms with Crippen molar-refractivity contribution in [3.05, 3.63) is 23.8 Å². The highest BCUT2D eigenvalue weighted by atomic mass is 35.6. The third-order valence-electron chi connectivity index (χ3n) is 2.12. The van der Waals surface area contributed by atoms with Crippen molar-refractivity contribution in [3.63, 3.8) is 0 Å². The zero-order chi connectivity index (χ0) is 13.9. The smallest absolute Gasteiger partial charge is 0.276 e. The molecule has 0 heterocycles. The van der Waals surface area contributed by atoms with Crippen molar-refractivity contribution >= 4 is 52.2 Å². The minimum Gasteiger partial charge on any atom is -0.495 e. The fraction of sp³-hybridized carbons (Fsp3) is 0.273. The molecule has 0 bridgehead atoms. The van der Waals surface area contributed by atoms with Gasteiger partial charge in [0.05, 0.1) is 12.8 Å². The zero-order valence-corrected chi connectivity index (χ0v) is 11.9. The summed E-state index contributed by atoms with van der Waals surface area (Å²) in [5.41, 5.74) is 0.459. The lowest BCUT2D eigenvalue weighted by molar-refractivity contribution is -0.115. The summed E-state index contributed by atoms with van der Waals surface area (Å²) in [5.74, 6) is -0.793. The predicted molar refractivity (Wildman–Crippen MR) is 71.9 cm³/mol. The second-order valence-corrected chi connectivity index (χ2v) is 5.67. The predicted octanol–water partition coefficient (Wildman–Crippen LogP) is 3.21. The minimum atomic E-state index is -2.12. The molecule has 0 aliphatic heterocycles. The first-order valence-electron chi connectivity index (χ1n) is 4.83. The molecular weight excluding hydrogens is 300 g/mol. The number of para-hydroxylation sites is 1. The number of benzene rings is 1. The monoisotopic (exact) mass is 309 g/mol. The third-order valence-corrected chi connectivity index (χ3v) is 2.64. The number of hydrogen-bond donors (Lipinski definition) is 1. The summed E-state index contributed by atoms with van der Waals surface area (Å²) in [6, 6.07) is 4.75. The van der Waals surface area contributed by atoms with Gasteiger partial charge in [-0.15, -0.1) is 0 Å². The van der Waals surface area contributed by atoms with E-state index in [2.05, 4.69) is 5.32 Å². The molecule has 0 atom stereocenters. The summed E-state index contributed by atoms with van der Waals surface area (Å²) >= 11 is 16.4. The van der Waals surface area contributed by atoms with E-state index in [0.717, 1.165) is 0 Å². The molecule has 0 saturated heterocycles. The number of methoxy groups -OCH3 is 1. The number of nitrogens with one attached hydrogen (secondary N) is 1. The highest BCUT2D eigenvalue weighted by Gasteiger charge is 2.32. The van der Waals surface area contributed by atoms with Gasteiger partial charge in [0.25, 0.3) is 9.70 Å². The Morgan fingerprint density at radius 1 is 1.28 bits per heavy atom. The van der Waals surface area contributed by atoms with Crippen molar-refractivity contribution in [2.45, 2.75) is 10.7 Å². The van der Waals surface area contributed by atoms with Crippen LogP contribution in [0.3, 0.4) is 0 Å². The van der Waals surface area contributed by atoms with Crippen LogP contribution < -0.4 is 10.1 Å². The molecule has 1 amide bonds. The Bertz CT molecular complexity index is 483. The molecule has 0 aliphatic rings. The number of Topliss-reactive ketones (excluding diaryl/α,β-unsaturated/α-hetero) is 1. The van der Waals surface area contributed by atoms with Gasteiger partial charge in [-0.3, -0.25) is 9.59 Å². The van der Waals surface area contributed by atoms with Crippen LogP contribution in [0.4, 0.5) is 5.69 Å². The maximum atomic E-state index is 11.6. The Kier molecular flexibility index (Phi) is 4.85. The number of amides is 1. The van der Waals surface area contributed by atoms with Gasteiger partial charge in [0.1, 0.15) is 5.75 Å². The number of ketones is 1. The standard InChI is InChI=1S/C11H10Cl3NO3/c1-6(16)7-4-3-5-8(18-2)9(7)15-10(17)11(12,13)14/h3-5H,1-2H3,(H,15,17). The van der Waals surface area contributed by atoms with Crippen molar-refractivity contribution < 1.29 is 14.3 Å². The van der Waals surface area contributed by atoms with Crippen LogP contribution in [0.1, 0.15) is 17.3 Å². The Hall–Kier alpha value is -0.970. The summed E-state index contributed by atoms with van der Waals surface area (Å²) in [4.78, 5) is 23.1. The highest BCUT2D eigenvalue weighted by molar-refractivity contribution is 6.76. The topological polar surface area (TPSA) is 55.4 Å². The van der Waals surface area contributed by atoms with Crippen molar-refractivity contribution in [1.82, 2.24) is 0 Å². The van der Waals surface area contributed by atoms with Gasteiger partial charge in [0.2, 0.25) is 0 Å². The first kappa shape index (κ1) is 15.1. The molecule has 0 fully saturated rings. The van der Waals surface area contributed by atoms with E-state index in [4.69, 9.17) is 39.5 Å². The molecule has 0 saturated carbocycles. The molecule has 0 radical (unpaired) electrons. The van der Waals surface area contributed by atoms with Crippen LogP contribution in [0, 0.1) is 0 Å². The molecule has 1 N–H and O–H groups in total. The molecule has 1 rings (SSSR count). The summed E-state index contributed by atoms with van der Waals surface area (Å²) in [6.07, 6.45) is 0. The van der Waals surface area contributed by atoms with E-state index in [1.165, 1.54) is 14.0 Å². The van der Waals surface area contributed by atoms with Gasteiger partial charge in [-0.2, -0.15) is 0 Å². The number of ether oxygens (including phenoxy) is 1. The van der Waals surface area contributed by atoms with Crippen molar-refractivity contribution in [2.75, 3.05) is 12.4 Å². The SMILES string of the molecule is COc1cccc(C(C)=O)c1NC(=O)C(Cl)(Cl)Cl. The number of carbonyl (C=O) groups is 2. The summed E-state index contributed by atoms with van der Waals surface area (Å²) in [5, 5.41) is 2.37. The third kappa shape index (κ3) is 3.51. The van der Waals surface area contributed by atoms with Gasteiger partial charge in [-0.1, -0.05) is 40.9 Å². The molecule has 0 unspecified atom stereocenters. The molecule has 1 aromatic carbocycles. The zero-order valence-electron chi connectivity index (χ0n) is 9.59. The first-order valence-corrected chi connectivity index (χ1v) is 5.97. The van der Waals surface area contributed by atoms with Gasteiger partial charge in [0, 0.05) is 5.56 Å². The average Bonchev–Trinajstić information content (AvgIpc) is 2.27. The lowest BCUT2D eigenvalue weighted by Crippen LogP contribution is -2.28. The lowest BCUT2D eigenvalue weighted by Gasteiger charge is -2.16. The van der Waals surface area contributed by atoms with E-state index in [0.29, 0.717) is 5.75 Å². The van der Waals surface area contributed by atoms with Crippen LogP contribution >= 0.6 is 34.8 Å². The number of anilines is 1. The molecule has 98 valence electrons. The van der Waals surface area contributed by atoms with Crippen LogP contribution in [0.15, 0.2) is 18.2 Å². The van der Waals surface area contributed by atoms with Gasteiger partial charge < -0.3 is 10.1 Å². The van der Waals surface area contributed by atoms with E-state index in [1.54, 1.807) is 18.2 Å². The number of alkyl halides is 3. The molecule has 18 heavy (non-hydrogen) atoms. The maximum absolute atomic E-state index is 11.6. The van der Waals surface area contributed by atoms with E-state index in [9.17, 15) is 9.59 Å². The molecule has 1 aromatic rings. The largest absolute Gasteiger partial charge is 0.495 e. The van der Waals surface area contributed by atoms with E-state index in [1.807, 2.05) is 0 Å². The van der Waals surface area contributed by atoms with Crippen LogP contribution in [0.25, 0.3) is 0 Å². The van der Waals surface area contributed by atoms with Crippen LogP contribution in [0.5, 0.6) is 5.75 Å². The van der Waals surface area contributed by atoms with Crippen molar-refractivity contribution in [1.29, 1.82) is 0 Å². The molecule has 7 heteroatoms. The summed E-state index contributed by atoms with van der Waals surface area (Å²) < 4.78 is 2.94. The molecule has 4 nitrogen and oxygen atoms in total. The van der Waals surface area contributed by atoms with Gasteiger partial charge >= 0.3 is 0 Å². The number of carbonyl (C=O) groups excluding carboxylic acids is 2. The van der Waals surface area contributed by atoms with Crippen LogP contribution in [0.2, 0.25) is 0 Å². The quantitative estimate of drug-likeness (QED) is 0.689. The number of hydrogen-bond acceptors (Lipinski definition) is 3. The lowest BCUT2D eigenvalue weighted by atomic mass is 10.1. The Labute approximate surface area is 119 Å². The molecule has 0 spiro atoms. The minimum absolute atomic E-state index is 0.184. The second kappa shape index (κ2) is 5.78. The summed E-state index contributed by atoms with van der Waals surface area (Å²) in [7, 11) is 1.41. The normalized spacial score (nSPS) is 10.9. The van der Waals surface area contributed by atoms with E-state index in [-0.39, 0.29) is 17.0 Å². The number of halogens is 3. The maximum Gasteiger partial charge on any atom is 0.276 e. The molecule has 0 aliphatic carbocycles. The second-order valence-electron chi connectivity index (χ2n) is 3.39. The number of rotatable bonds is 3. The van der Waals surface area contributed by atoms with Gasteiger partial charge in [-0.05, 0) is 19.1 Å². The molecular formula is C11H10Cl3NO3. The molecule has 0 aromatic heterocycles. The fourth-order valence-corrected chi connectivity index (χ4v) is 1.45. The Balaban J connectivity index is 3.21. The fourth-order valence-electron chi connectivity index (χ4n) is 1.31. The van der Waals surface area contributed by atoms with Crippen molar-refractivity contribution in [2.24, 2.45) is 0 Å². The van der Waals surface area contributed by atoms with Crippen LogP contribution in [-0.2, 0) is 4.79 Å². The van der Waals surface area contributed by atoms with Crippen LogP contribution in [-0.4, -0.2) is 22.6 Å². The van der Waals surface area contributed by atoms with E-state index < -0.39 is 9.70 Å².